The van der Waals surface area contributed by atoms with Gasteiger partial charge in [-0.1, -0.05) is 0 Å². The Bertz CT molecular complexity index is 1380. The third-order valence-electron chi connectivity index (χ3n) is 5.50. The average molecular weight is 491 g/mol. The molecule has 1 aromatic carbocycles. The number of nitrogens with one attached hydrogen (secondary N) is 2. The Balaban J connectivity index is 1.49. The lowest BCUT2D eigenvalue weighted by molar-refractivity contribution is -0.116. The number of sulfonamides is 1. The van der Waals surface area contributed by atoms with E-state index in [0.29, 0.717) is 23.5 Å². The predicted molar refractivity (Wildman–Crippen MR) is 128 cm³/mol. The summed E-state index contributed by atoms with van der Waals surface area (Å²) in [7, 11) is -0.892. The van der Waals surface area contributed by atoms with E-state index in [1.54, 1.807) is 24.3 Å². The van der Waals surface area contributed by atoms with Crippen LogP contribution in [-0.2, 0) is 34.1 Å². The highest BCUT2D eigenvalue weighted by molar-refractivity contribution is 7.89. The number of aryl methyl sites for hydroxylation is 3. The van der Waals surface area contributed by atoms with Gasteiger partial charge in [-0.3, -0.25) is 9.59 Å². The molecule has 11 heteroatoms. The molecule has 2 N–H and O–H groups in total. The van der Waals surface area contributed by atoms with Crippen molar-refractivity contribution in [2.75, 3.05) is 26.0 Å². The van der Waals surface area contributed by atoms with E-state index in [0.717, 1.165) is 34.0 Å². The molecule has 2 heterocycles. The second kappa shape index (κ2) is 9.24. The molecule has 0 fully saturated rings. The topological polar surface area (TPSA) is 121 Å². The lowest BCUT2D eigenvalue weighted by Crippen LogP contribution is -2.23. The minimum Gasteiger partial charge on any atom is -0.492 e. The minimum absolute atomic E-state index is 0.0191. The van der Waals surface area contributed by atoms with Crippen LogP contribution in [0.3, 0.4) is 0 Å². The van der Waals surface area contributed by atoms with Crippen molar-refractivity contribution in [1.29, 1.82) is 0 Å². The fourth-order valence-corrected chi connectivity index (χ4v) is 6.21. The second-order valence-electron chi connectivity index (χ2n) is 7.98. The number of aromatic nitrogens is 2. The van der Waals surface area contributed by atoms with Crippen LogP contribution in [0.4, 0.5) is 5.69 Å². The van der Waals surface area contributed by atoms with Crippen LogP contribution in [-0.4, -0.2) is 49.3 Å². The van der Waals surface area contributed by atoms with Gasteiger partial charge in [-0.15, -0.1) is 11.3 Å². The lowest BCUT2D eigenvalue weighted by Gasteiger charge is -2.16. The summed E-state index contributed by atoms with van der Waals surface area (Å²) < 4.78 is 31.9. The average Bonchev–Trinajstić information content (AvgIpc) is 3.34. The molecule has 176 valence electrons. The zero-order valence-corrected chi connectivity index (χ0v) is 20.4. The van der Waals surface area contributed by atoms with Crippen LogP contribution < -0.4 is 15.6 Å². The standard InChI is InChI=1S/C22H26N4O5S2/c1-4-31-15-9-8-13(12-17(15)33(29,30)26(2)3)23-19(27)11-10-18-24-21(28)20-14-6-5-7-16(14)32-22(20)25-18/h8-9,12H,4-7,10-11H2,1-3H3,(H,23,27)(H,24,25,28). The van der Waals surface area contributed by atoms with Gasteiger partial charge in [0.05, 0.1) is 12.0 Å². The first-order valence-corrected chi connectivity index (χ1v) is 13.0. The Labute approximate surface area is 195 Å². The molecule has 4 rings (SSSR count). The van der Waals surface area contributed by atoms with E-state index in [4.69, 9.17) is 4.74 Å². The van der Waals surface area contributed by atoms with Gasteiger partial charge in [0.1, 0.15) is 21.3 Å². The number of rotatable bonds is 8. The predicted octanol–water partition coefficient (Wildman–Crippen LogP) is 2.69. The molecule has 0 saturated carbocycles. The van der Waals surface area contributed by atoms with Gasteiger partial charge in [-0.05, 0) is 49.9 Å². The number of hydrogen-bond donors (Lipinski definition) is 2. The summed E-state index contributed by atoms with van der Waals surface area (Å²) >= 11 is 1.56. The zero-order valence-electron chi connectivity index (χ0n) is 18.7. The van der Waals surface area contributed by atoms with E-state index >= 15 is 0 Å². The van der Waals surface area contributed by atoms with Crippen molar-refractivity contribution in [3.8, 4) is 5.75 Å². The molecule has 0 saturated heterocycles. The SMILES string of the molecule is CCOc1ccc(NC(=O)CCc2nc3sc4c(c3c(=O)[nH]2)CCC4)cc1S(=O)(=O)N(C)C. The molecule has 0 unspecified atom stereocenters. The summed E-state index contributed by atoms with van der Waals surface area (Å²) in [6.07, 6.45) is 3.32. The largest absolute Gasteiger partial charge is 0.492 e. The van der Waals surface area contributed by atoms with Gasteiger partial charge in [0.2, 0.25) is 15.9 Å². The van der Waals surface area contributed by atoms with Crippen molar-refractivity contribution in [1.82, 2.24) is 14.3 Å². The van der Waals surface area contributed by atoms with E-state index in [-0.39, 0.29) is 35.0 Å². The van der Waals surface area contributed by atoms with Gasteiger partial charge in [0.25, 0.3) is 5.56 Å². The number of amides is 1. The normalized spacial score (nSPS) is 13.5. The molecule has 9 nitrogen and oxygen atoms in total. The van der Waals surface area contributed by atoms with Crippen molar-refractivity contribution < 1.29 is 17.9 Å². The highest BCUT2D eigenvalue weighted by atomic mass is 32.2. The summed E-state index contributed by atoms with van der Waals surface area (Å²) in [5.41, 5.74) is 1.31. The number of carbonyl (C=O) groups excluding carboxylic acids is 1. The van der Waals surface area contributed by atoms with Crippen LogP contribution in [0.15, 0.2) is 27.9 Å². The maximum Gasteiger partial charge on any atom is 0.259 e. The minimum atomic E-state index is -3.76. The molecule has 1 aliphatic rings. The Morgan fingerprint density at radius 2 is 2.09 bits per heavy atom. The van der Waals surface area contributed by atoms with Crippen LogP contribution >= 0.6 is 11.3 Å². The molecule has 1 amide bonds. The van der Waals surface area contributed by atoms with Crippen molar-refractivity contribution >= 4 is 43.2 Å². The fourth-order valence-electron chi connectivity index (χ4n) is 3.88. The molecule has 0 atom stereocenters. The first-order valence-electron chi connectivity index (χ1n) is 10.7. The number of nitrogens with zero attached hydrogens (tertiary/aromatic N) is 2. The van der Waals surface area contributed by atoms with Crippen molar-refractivity contribution in [3.63, 3.8) is 0 Å². The maximum absolute atomic E-state index is 12.7. The molecule has 2 aromatic heterocycles. The Morgan fingerprint density at radius 3 is 2.82 bits per heavy atom. The van der Waals surface area contributed by atoms with Gasteiger partial charge >= 0.3 is 0 Å². The summed E-state index contributed by atoms with van der Waals surface area (Å²) in [6.45, 7) is 2.08. The van der Waals surface area contributed by atoms with Gasteiger partial charge in [0, 0.05) is 37.5 Å². The Hall–Kier alpha value is -2.76. The van der Waals surface area contributed by atoms with Crippen LogP contribution in [0.2, 0.25) is 0 Å². The van der Waals surface area contributed by atoms with E-state index in [1.165, 1.54) is 31.1 Å². The molecule has 33 heavy (non-hydrogen) atoms. The summed E-state index contributed by atoms with van der Waals surface area (Å²) in [4.78, 5) is 34.4. The van der Waals surface area contributed by atoms with Gasteiger partial charge < -0.3 is 15.0 Å². The quantitative estimate of drug-likeness (QED) is 0.501. The molecule has 0 spiro atoms. The number of thiophene rings is 1. The smallest absolute Gasteiger partial charge is 0.259 e. The van der Waals surface area contributed by atoms with E-state index in [2.05, 4.69) is 15.3 Å². The number of benzene rings is 1. The van der Waals surface area contributed by atoms with Crippen LogP contribution in [0.5, 0.6) is 5.75 Å². The summed E-state index contributed by atoms with van der Waals surface area (Å²) in [6, 6.07) is 4.51. The van der Waals surface area contributed by atoms with E-state index < -0.39 is 10.0 Å². The zero-order chi connectivity index (χ0) is 23.8. The maximum atomic E-state index is 12.7. The number of H-pyrrole nitrogens is 1. The number of aromatic amines is 1. The molecule has 3 aromatic rings. The van der Waals surface area contributed by atoms with E-state index in [9.17, 15) is 18.0 Å². The first kappa shape index (κ1) is 23.4. The van der Waals surface area contributed by atoms with Crippen molar-refractivity contribution in [3.05, 3.63) is 44.8 Å². The molecule has 1 aliphatic carbocycles. The second-order valence-corrected chi connectivity index (χ2v) is 11.2. The van der Waals surface area contributed by atoms with Crippen molar-refractivity contribution in [2.24, 2.45) is 0 Å². The molecule has 0 bridgehead atoms. The third-order valence-corrected chi connectivity index (χ3v) is 8.52. The van der Waals surface area contributed by atoms with Gasteiger partial charge in [-0.2, -0.15) is 0 Å². The number of hydrogen-bond acceptors (Lipinski definition) is 7. The Morgan fingerprint density at radius 1 is 1.30 bits per heavy atom. The van der Waals surface area contributed by atoms with Gasteiger partial charge in [0.15, 0.2) is 0 Å². The number of ether oxygens (including phenoxy) is 1. The molecule has 0 radical (unpaired) electrons. The first-order chi connectivity index (χ1) is 15.7. The summed E-state index contributed by atoms with van der Waals surface area (Å²) in [5.74, 6) is 0.371. The van der Waals surface area contributed by atoms with Crippen LogP contribution in [0.25, 0.3) is 10.2 Å². The highest BCUT2D eigenvalue weighted by Crippen LogP contribution is 2.34. The van der Waals surface area contributed by atoms with E-state index in [1.807, 2.05) is 0 Å². The van der Waals surface area contributed by atoms with Crippen molar-refractivity contribution in [2.45, 2.75) is 43.9 Å². The highest BCUT2D eigenvalue weighted by Gasteiger charge is 2.24. The fraction of sp³-hybridized carbons (Fsp3) is 0.409. The molecular formula is C22H26N4O5S2. The number of fused-ring (bicyclic) bond motifs is 3. The van der Waals surface area contributed by atoms with Crippen LogP contribution in [0, 0.1) is 0 Å². The van der Waals surface area contributed by atoms with Crippen LogP contribution in [0.1, 0.15) is 36.0 Å². The third kappa shape index (κ3) is 4.66. The number of carbonyl (C=O) groups is 1. The number of anilines is 1. The molecule has 0 aliphatic heterocycles. The lowest BCUT2D eigenvalue weighted by atomic mass is 10.2. The summed E-state index contributed by atoms with van der Waals surface area (Å²) in [5, 5.41) is 3.41. The monoisotopic (exact) mass is 490 g/mol. The van der Waals surface area contributed by atoms with Gasteiger partial charge in [-0.25, -0.2) is 17.7 Å². The Kier molecular flexibility index (Phi) is 6.55. The molecular weight excluding hydrogens is 464 g/mol.